The molecule has 21 heavy (non-hydrogen) atoms. The van der Waals surface area contributed by atoms with Crippen molar-refractivity contribution in [2.45, 2.75) is 44.7 Å². The lowest BCUT2D eigenvalue weighted by Crippen LogP contribution is -2.03. The van der Waals surface area contributed by atoms with Crippen LogP contribution in [-0.2, 0) is 14.6 Å². The Labute approximate surface area is 126 Å². The molecule has 114 valence electrons. The SMILES string of the molecule is CC(C)CC(=O)CCCC#Cc1cnc(S(C)(=O)=O)nc1. The van der Waals surface area contributed by atoms with E-state index in [0.29, 0.717) is 30.7 Å². The Morgan fingerprint density at radius 1 is 1.29 bits per heavy atom. The summed E-state index contributed by atoms with van der Waals surface area (Å²) >= 11 is 0. The molecule has 0 bridgehead atoms. The number of sulfone groups is 1. The lowest BCUT2D eigenvalue weighted by Gasteiger charge is -2.01. The molecular weight excluding hydrogens is 288 g/mol. The smallest absolute Gasteiger partial charge is 0.246 e. The van der Waals surface area contributed by atoms with Crippen LogP contribution in [0, 0.1) is 17.8 Å². The van der Waals surface area contributed by atoms with E-state index in [2.05, 4.69) is 21.8 Å². The van der Waals surface area contributed by atoms with Crippen molar-refractivity contribution in [3.8, 4) is 11.8 Å². The van der Waals surface area contributed by atoms with Crippen LogP contribution in [0.2, 0.25) is 0 Å². The second kappa shape index (κ2) is 7.89. The van der Waals surface area contributed by atoms with Gasteiger partial charge < -0.3 is 0 Å². The van der Waals surface area contributed by atoms with E-state index in [4.69, 9.17) is 0 Å². The van der Waals surface area contributed by atoms with E-state index < -0.39 is 9.84 Å². The molecule has 1 aromatic heterocycles. The Balaban J connectivity index is 2.44. The van der Waals surface area contributed by atoms with Crippen molar-refractivity contribution < 1.29 is 13.2 Å². The third kappa shape index (κ3) is 7.00. The van der Waals surface area contributed by atoms with Gasteiger partial charge in [0, 0.05) is 37.9 Å². The summed E-state index contributed by atoms with van der Waals surface area (Å²) in [7, 11) is -3.38. The summed E-state index contributed by atoms with van der Waals surface area (Å²) < 4.78 is 22.4. The molecule has 6 heteroatoms. The van der Waals surface area contributed by atoms with Crippen molar-refractivity contribution >= 4 is 15.6 Å². The third-order valence-electron chi connectivity index (χ3n) is 2.59. The average Bonchev–Trinajstić information content (AvgIpc) is 2.37. The summed E-state index contributed by atoms with van der Waals surface area (Å²) in [6, 6.07) is 0. The quantitative estimate of drug-likeness (QED) is 0.456. The summed E-state index contributed by atoms with van der Waals surface area (Å²) in [4.78, 5) is 19.0. The molecule has 0 aliphatic rings. The number of rotatable bonds is 6. The molecular formula is C15H20N2O3S. The van der Waals surface area contributed by atoms with E-state index in [1.54, 1.807) is 0 Å². The molecule has 0 unspecified atom stereocenters. The fourth-order valence-corrected chi connectivity index (χ4v) is 2.16. The lowest BCUT2D eigenvalue weighted by molar-refractivity contribution is -0.119. The minimum absolute atomic E-state index is 0.202. The van der Waals surface area contributed by atoms with E-state index >= 15 is 0 Å². The number of hydrogen-bond acceptors (Lipinski definition) is 5. The van der Waals surface area contributed by atoms with Crippen LogP contribution < -0.4 is 0 Å². The zero-order chi connectivity index (χ0) is 15.9. The van der Waals surface area contributed by atoms with Gasteiger partial charge in [0.25, 0.3) is 0 Å². The molecule has 0 saturated heterocycles. The highest BCUT2D eigenvalue weighted by atomic mass is 32.2. The summed E-state index contributed by atoms with van der Waals surface area (Å²) in [5, 5.41) is -0.202. The highest BCUT2D eigenvalue weighted by molar-refractivity contribution is 7.90. The molecule has 0 atom stereocenters. The fourth-order valence-electron chi connectivity index (χ4n) is 1.67. The van der Waals surface area contributed by atoms with E-state index in [9.17, 15) is 13.2 Å². The Morgan fingerprint density at radius 3 is 2.43 bits per heavy atom. The lowest BCUT2D eigenvalue weighted by atomic mass is 10.0. The molecule has 1 rings (SSSR count). The van der Waals surface area contributed by atoms with Gasteiger partial charge in [-0.15, -0.1) is 0 Å². The van der Waals surface area contributed by atoms with Gasteiger partial charge in [0.1, 0.15) is 5.78 Å². The molecule has 1 heterocycles. The highest BCUT2D eigenvalue weighted by Gasteiger charge is 2.09. The second-order valence-electron chi connectivity index (χ2n) is 5.32. The van der Waals surface area contributed by atoms with Crippen molar-refractivity contribution in [3.63, 3.8) is 0 Å². The number of nitrogens with zero attached hydrogens (tertiary/aromatic N) is 2. The van der Waals surface area contributed by atoms with Crippen LogP contribution in [-0.4, -0.2) is 30.4 Å². The van der Waals surface area contributed by atoms with Crippen LogP contribution in [0.1, 0.15) is 45.1 Å². The van der Waals surface area contributed by atoms with Crippen LogP contribution in [0.5, 0.6) is 0 Å². The topological polar surface area (TPSA) is 77.0 Å². The maximum Gasteiger partial charge on any atom is 0.246 e. The zero-order valence-corrected chi connectivity index (χ0v) is 13.4. The van der Waals surface area contributed by atoms with Crippen molar-refractivity contribution in [2.75, 3.05) is 6.26 Å². The van der Waals surface area contributed by atoms with E-state index in [0.717, 1.165) is 12.7 Å². The Bertz CT molecular complexity index is 638. The van der Waals surface area contributed by atoms with Gasteiger partial charge >= 0.3 is 0 Å². The van der Waals surface area contributed by atoms with Crippen molar-refractivity contribution in [2.24, 2.45) is 5.92 Å². The first kappa shape index (κ1) is 17.3. The molecule has 0 aliphatic heterocycles. The molecule has 0 radical (unpaired) electrons. The predicted molar refractivity (Wildman–Crippen MR) is 80.3 cm³/mol. The number of ketones is 1. The van der Waals surface area contributed by atoms with Gasteiger partial charge in [-0.3, -0.25) is 4.79 Å². The summed E-state index contributed by atoms with van der Waals surface area (Å²) in [5.41, 5.74) is 0.566. The first-order chi connectivity index (χ1) is 9.79. The molecule has 0 N–H and O–H groups in total. The monoisotopic (exact) mass is 308 g/mol. The highest BCUT2D eigenvalue weighted by Crippen LogP contribution is 2.06. The first-order valence-electron chi connectivity index (χ1n) is 6.81. The Morgan fingerprint density at radius 2 is 1.90 bits per heavy atom. The molecule has 1 aromatic rings. The minimum Gasteiger partial charge on any atom is -0.300 e. The average molecular weight is 308 g/mol. The molecule has 0 saturated carbocycles. The van der Waals surface area contributed by atoms with Crippen molar-refractivity contribution in [1.82, 2.24) is 9.97 Å². The molecule has 0 fully saturated rings. The maximum absolute atomic E-state index is 11.5. The van der Waals surface area contributed by atoms with Crippen LogP contribution in [0.3, 0.4) is 0 Å². The number of aromatic nitrogens is 2. The molecule has 0 amide bonds. The predicted octanol–water partition coefficient (Wildman–Crippen LogP) is 2.02. The number of unbranched alkanes of at least 4 members (excludes halogenated alkanes) is 1. The normalized spacial score (nSPS) is 11.0. The summed E-state index contributed by atoms with van der Waals surface area (Å²) in [6.07, 6.45) is 6.37. The van der Waals surface area contributed by atoms with Crippen molar-refractivity contribution in [1.29, 1.82) is 0 Å². The number of hydrogen-bond donors (Lipinski definition) is 0. The second-order valence-corrected chi connectivity index (χ2v) is 7.23. The van der Waals surface area contributed by atoms with Gasteiger partial charge in [-0.05, 0) is 12.3 Å². The first-order valence-corrected chi connectivity index (χ1v) is 8.71. The Hall–Kier alpha value is -1.74. The molecule has 0 spiro atoms. The van der Waals surface area contributed by atoms with Crippen LogP contribution in [0.15, 0.2) is 17.6 Å². The molecule has 0 aliphatic carbocycles. The van der Waals surface area contributed by atoms with E-state index in [-0.39, 0.29) is 10.9 Å². The fraction of sp³-hybridized carbons (Fsp3) is 0.533. The summed E-state index contributed by atoms with van der Waals surface area (Å²) in [5.74, 6) is 6.46. The van der Waals surface area contributed by atoms with E-state index in [1.165, 1.54) is 12.4 Å². The Kier molecular flexibility index (Phi) is 6.50. The largest absolute Gasteiger partial charge is 0.300 e. The van der Waals surface area contributed by atoms with Gasteiger partial charge in [0.05, 0.1) is 5.56 Å². The van der Waals surface area contributed by atoms with Gasteiger partial charge in [-0.2, -0.15) is 0 Å². The van der Waals surface area contributed by atoms with Crippen molar-refractivity contribution in [3.05, 3.63) is 18.0 Å². The number of Topliss-reactive ketones (excluding diaryl/α,β-unsaturated/α-hetero) is 1. The van der Waals surface area contributed by atoms with Crippen LogP contribution in [0.25, 0.3) is 0 Å². The maximum atomic E-state index is 11.5. The van der Waals surface area contributed by atoms with Gasteiger partial charge in [0.2, 0.25) is 15.0 Å². The molecule has 5 nitrogen and oxygen atoms in total. The van der Waals surface area contributed by atoms with Gasteiger partial charge in [-0.25, -0.2) is 18.4 Å². The number of carbonyl (C=O) groups excluding carboxylic acids is 1. The summed E-state index contributed by atoms with van der Waals surface area (Å²) in [6.45, 7) is 4.05. The van der Waals surface area contributed by atoms with Gasteiger partial charge in [-0.1, -0.05) is 25.7 Å². The van der Waals surface area contributed by atoms with Gasteiger partial charge in [0.15, 0.2) is 0 Å². The number of carbonyl (C=O) groups is 1. The van der Waals surface area contributed by atoms with Crippen LogP contribution >= 0.6 is 0 Å². The minimum atomic E-state index is -3.38. The zero-order valence-electron chi connectivity index (χ0n) is 12.6. The third-order valence-corrected chi connectivity index (χ3v) is 3.46. The van der Waals surface area contributed by atoms with E-state index in [1.807, 2.05) is 13.8 Å². The van der Waals surface area contributed by atoms with Crippen LogP contribution in [0.4, 0.5) is 0 Å². The molecule has 0 aromatic carbocycles. The standard InChI is InChI=1S/C15H20N2O3S/c1-12(2)9-14(18)8-6-4-5-7-13-10-16-15(17-11-13)21(3,19)20/h10-12H,4,6,8-9H2,1-3H3.